The summed E-state index contributed by atoms with van der Waals surface area (Å²) in [6, 6.07) is 0.679. The minimum atomic E-state index is 0. The van der Waals surface area contributed by atoms with E-state index in [1.807, 2.05) is 0 Å². The van der Waals surface area contributed by atoms with E-state index in [1.165, 1.54) is 63.5 Å². The Morgan fingerprint density at radius 1 is 1.00 bits per heavy atom. The number of halogens is 1. The Morgan fingerprint density at radius 2 is 1.73 bits per heavy atom. The van der Waals surface area contributed by atoms with Gasteiger partial charge in [-0.2, -0.15) is 5.70 Å². The largest absolute Gasteiger partial charge is 2.00 e. The third kappa shape index (κ3) is 5.59. The fourth-order valence-corrected chi connectivity index (χ4v) is 2.38. The van der Waals surface area contributed by atoms with Crippen LogP contribution in [0.25, 0.3) is 5.32 Å². The molecule has 0 amide bonds. The smallest absolute Gasteiger partial charge is 1.00 e. The van der Waals surface area contributed by atoms with Crippen LogP contribution in [0.1, 0.15) is 57.8 Å². The van der Waals surface area contributed by atoms with Gasteiger partial charge < -0.3 is 22.3 Å². The molecule has 2 aliphatic rings. The number of nitrogens with zero attached hydrogens (tertiary/aromatic N) is 1. The topological polar surface area (TPSA) is 14.1 Å². The van der Waals surface area contributed by atoms with Crippen LogP contribution in [0.5, 0.6) is 0 Å². The maximum absolute atomic E-state index is 4.86. The summed E-state index contributed by atoms with van der Waals surface area (Å²) in [5, 5.41) is 4.86. The summed E-state index contributed by atoms with van der Waals surface area (Å²) in [5.74, 6) is 0. The molecule has 82 valence electrons. The molecule has 0 unspecified atom stereocenters. The van der Waals surface area contributed by atoms with Crippen LogP contribution in [-0.4, -0.2) is 29.1 Å². The Hall–Kier alpha value is 0.786. The number of hydrogen-bond donors (Lipinski definition) is 0. The predicted molar refractivity (Wildman–Crippen MR) is 62.5 cm³/mol. The molecule has 0 aromatic carbocycles. The SMILES string of the molecule is C1=C([N-]C2CCCCC2)CCCC1.[Br-].[Mg+2]. The van der Waals surface area contributed by atoms with E-state index in [4.69, 9.17) is 5.32 Å². The summed E-state index contributed by atoms with van der Waals surface area (Å²) in [6.45, 7) is 0. The predicted octanol–water partition coefficient (Wildman–Crippen LogP) is 0.774. The van der Waals surface area contributed by atoms with E-state index < -0.39 is 0 Å². The molecule has 1 nitrogen and oxygen atoms in total. The molecule has 0 atom stereocenters. The van der Waals surface area contributed by atoms with Gasteiger partial charge in [-0.15, -0.1) is 12.1 Å². The third-order valence-corrected chi connectivity index (χ3v) is 3.19. The van der Waals surface area contributed by atoms with Gasteiger partial charge in [-0.05, 0) is 19.3 Å². The van der Waals surface area contributed by atoms with Crippen LogP contribution in [0, 0.1) is 0 Å². The first-order chi connectivity index (χ1) is 6.45. The van der Waals surface area contributed by atoms with Crippen molar-refractivity contribution in [3.8, 4) is 0 Å². The molecule has 0 saturated heterocycles. The van der Waals surface area contributed by atoms with E-state index in [0.717, 1.165) is 0 Å². The zero-order chi connectivity index (χ0) is 8.93. The van der Waals surface area contributed by atoms with Crippen LogP contribution in [0.4, 0.5) is 0 Å². The summed E-state index contributed by atoms with van der Waals surface area (Å²) >= 11 is 0. The number of allylic oxidation sites excluding steroid dienone is 2. The van der Waals surface area contributed by atoms with Crippen molar-refractivity contribution in [1.82, 2.24) is 0 Å². The van der Waals surface area contributed by atoms with Gasteiger partial charge in [0.2, 0.25) is 0 Å². The Labute approximate surface area is 120 Å². The van der Waals surface area contributed by atoms with Crippen molar-refractivity contribution in [3.63, 3.8) is 0 Å². The van der Waals surface area contributed by atoms with Crippen molar-refractivity contribution in [2.45, 2.75) is 63.8 Å². The molecule has 2 aliphatic carbocycles. The standard InChI is InChI=1S/C12H20N.BrH.Mg/c1-3-7-11(8-4-1)13-12-9-5-2-6-10-12;;/h7,12H,1-6,8-10H2;1H;/q-1;;+2/p-1. The number of hydrogen-bond acceptors (Lipinski definition) is 0. The second-order valence-corrected chi connectivity index (χ2v) is 4.36. The minimum Gasteiger partial charge on any atom is -1.00 e. The molecule has 1 fully saturated rings. The van der Waals surface area contributed by atoms with Gasteiger partial charge in [-0.25, -0.2) is 0 Å². The van der Waals surface area contributed by atoms with Gasteiger partial charge in [0.1, 0.15) is 0 Å². The molecular weight excluding hydrogens is 262 g/mol. The molecule has 0 aliphatic heterocycles. The van der Waals surface area contributed by atoms with Crippen LogP contribution in [0.3, 0.4) is 0 Å². The minimum absolute atomic E-state index is 0. The van der Waals surface area contributed by atoms with Crippen molar-refractivity contribution in [3.05, 3.63) is 17.1 Å². The van der Waals surface area contributed by atoms with Gasteiger partial charge in [0, 0.05) is 0 Å². The molecule has 1 saturated carbocycles. The average Bonchev–Trinajstić information content (AvgIpc) is 2.21. The zero-order valence-electron chi connectivity index (χ0n) is 9.55. The maximum Gasteiger partial charge on any atom is 2.00 e. The van der Waals surface area contributed by atoms with Gasteiger partial charge in [-0.3, -0.25) is 0 Å². The Kier molecular flexibility index (Phi) is 9.35. The van der Waals surface area contributed by atoms with Crippen molar-refractivity contribution in [1.29, 1.82) is 0 Å². The van der Waals surface area contributed by atoms with Gasteiger partial charge in [0.05, 0.1) is 0 Å². The molecule has 0 spiro atoms. The maximum atomic E-state index is 4.86. The van der Waals surface area contributed by atoms with E-state index in [9.17, 15) is 0 Å². The molecule has 0 heterocycles. The summed E-state index contributed by atoms with van der Waals surface area (Å²) in [5.41, 5.74) is 1.41. The molecular formula is C12H20BrMgN. The first-order valence-electron chi connectivity index (χ1n) is 5.85. The van der Waals surface area contributed by atoms with Gasteiger partial charge in [-0.1, -0.05) is 38.5 Å². The Morgan fingerprint density at radius 3 is 2.33 bits per heavy atom. The average molecular weight is 283 g/mol. The molecule has 2 rings (SSSR count). The summed E-state index contributed by atoms with van der Waals surface area (Å²) in [6.07, 6.45) is 14.6. The van der Waals surface area contributed by atoms with E-state index in [0.29, 0.717) is 6.04 Å². The molecule has 0 N–H and O–H groups in total. The van der Waals surface area contributed by atoms with Crippen LogP contribution in [0.15, 0.2) is 11.8 Å². The molecule has 3 heteroatoms. The molecule has 0 radical (unpaired) electrons. The Balaban J connectivity index is 0.000000980. The monoisotopic (exact) mass is 281 g/mol. The summed E-state index contributed by atoms with van der Waals surface area (Å²) in [4.78, 5) is 0. The second-order valence-electron chi connectivity index (χ2n) is 4.36. The van der Waals surface area contributed by atoms with E-state index in [-0.39, 0.29) is 40.0 Å². The van der Waals surface area contributed by atoms with Crippen LogP contribution in [-0.2, 0) is 0 Å². The second kappa shape index (κ2) is 8.88. The molecule has 0 aromatic rings. The fourth-order valence-electron chi connectivity index (χ4n) is 2.38. The summed E-state index contributed by atoms with van der Waals surface area (Å²) in [7, 11) is 0. The number of rotatable bonds is 2. The third-order valence-electron chi connectivity index (χ3n) is 3.19. The molecule has 0 bridgehead atoms. The van der Waals surface area contributed by atoms with Crippen LogP contribution in [0.2, 0.25) is 0 Å². The van der Waals surface area contributed by atoms with Crippen LogP contribution >= 0.6 is 0 Å². The van der Waals surface area contributed by atoms with Crippen molar-refractivity contribution >= 4 is 23.1 Å². The molecule has 0 aromatic heterocycles. The zero-order valence-corrected chi connectivity index (χ0v) is 12.6. The Bertz CT molecular complexity index is 188. The van der Waals surface area contributed by atoms with Gasteiger partial charge in [0.15, 0.2) is 0 Å². The van der Waals surface area contributed by atoms with Crippen molar-refractivity contribution < 1.29 is 17.0 Å². The first kappa shape index (κ1) is 15.8. The van der Waals surface area contributed by atoms with E-state index in [2.05, 4.69) is 6.08 Å². The quantitative estimate of drug-likeness (QED) is 0.665. The molecule has 15 heavy (non-hydrogen) atoms. The summed E-state index contributed by atoms with van der Waals surface area (Å²) < 4.78 is 0. The van der Waals surface area contributed by atoms with Crippen LogP contribution < -0.4 is 17.0 Å². The first-order valence-corrected chi connectivity index (χ1v) is 5.85. The fraction of sp³-hybridized carbons (Fsp3) is 0.833. The van der Waals surface area contributed by atoms with Gasteiger partial charge in [0.25, 0.3) is 0 Å². The van der Waals surface area contributed by atoms with Crippen molar-refractivity contribution in [2.24, 2.45) is 0 Å². The normalized spacial score (nSPS) is 22.0. The van der Waals surface area contributed by atoms with E-state index >= 15 is 0 Å². The van der Waals surface area contributed by atoms with Gasteiger partial charge >= 0.3 is 23.1 Å². The van der Waals surface area contributed by atoms with Crippen molar-refractivity contribution in [2.75, 3.05) is 0 Å². The van der Waals surface area contributed by atoms with E-state index in [1.54, 1.807) is 0 Å².